The molecule has 0 unspecified atom stereocenters. The van der Waals surface area contributed by atoms with Gasteiger partial charge in [0.05, 0.1) is 7.11 Å². The first-order chi connectivity index (χ1) is 10.1. The Morgan fingerprint density at radius 2 is 2.05 bits per heavy atom. The van der Waals surface area contributed by atoms with E-state index in [2.05, 4.69) is 0 Å². The molecule has 1 aromatic rings. The van der Waals surface area contributed by atoms with Gasteiger partial charge < -0.3 is 9.64 Å². The minimum atomic E-state index is -0.430. The molecule has 1 aromatic carbocycles. The highest BCUT2D eigenvalue weighted by Crippen LogP contribution is 2.36. The Morgan fingerprint density at radius 3 is 2.76 bits per heavy atom. The molecule has 1 amide bonds. The van der Waals surface area contributed by atoms with Crippen molar-refractivity contribution in [2.75, 3.05) is 7.11 Å². The predicted molar refractivity (Wildman–Crippen MR) is 79.4 cm³/mol. The second-order valence-electron chi connectivity index (χ2n) is 5.65. The normalized spacial score (nSPS) is 24.6. The van der Waals surface area contributed by atoms with E-state index in [-0.39, 0.29) is 17.9 Å². The van der Waals surface area contributed by atoms with Crippen molar-refractivity contribution in [3.05, 3.63) is 41.5 Å². The predicted octanol–water partition coefficient (Wildman–Crippen LogP) is 2.31. The van der Waals surface area contributed by atoms with Crippen LogP contribution in [-0.2, 0) is 14.3 Å². The first kappa shape index (κ1) is 13.9. The maximum Gasteiger partial charge on any atom is 0.328 e. The zero-order valence-electron chi connectivity index (χ0n) is 12.3. The summed E-state index contributed by atoms with van der Waals surface area (Å²) in [6.45, 7) is 2.00. The molecule has 4 nitrogen and oxygen atoms in total. The van der Waals surface area contributed by atoms with E-state index >= 15 is 0 Å². The van der Waals surface area contributed by atoms with E-state index in [4.69, 9.17) is 4.74 Å². The molecule has 0 bridgehead atoms. The van der Waals surface area contributed by atoms with Crippen molar-refractivity contribution in [1.29, 1.82) is 0 Å². The highest BCUT2D eigenvalue weighted by molar-refractivity contribution is 6.21. The summed E-state index contributed by atoms with van der Waals surface area (Å²) in [6.07, 6.45) is 4.38. The number of carbonyl (C=O) groups is 2. The third kappa shape index (κ3) is 2.24. The number of nitrogens with zero attached hydrogens (tertiary/aromatic N) is 1. The van der Waals surface area contributed by atoms with Crippen molar-refractivity contribution in [2.24, 2.45) is 0 Å². The Kier molecular flexibility index (Phi) is 3.53. The molecule has 0 spiro atoms. The summed E-state index contributed by atoms with van der Waals surface area (Å²) in [5.41, 5.74) is 2.74. The van der Waals surface area contributed by atoms with Crippen LogP contribution in [0.15, 0.2) is 30.3 Å². The van der Waals surface area contributed by atoms with Crippen LogP contribution >= 0.6 is 0 Å². The molecule has 2 atom stereocenters. The fourth-order valence-corrected chi connectivity index (χ4v) is 3.37. The van der Waals surface area contributed by atoms with Crippen LogP contribution in [0.2, 0.25) is 0 Å². The standard InChI is InChI=1S/C17H19NO3/c1-11-5-3-4-6-13(11)14-9-7-12-8-10-15(17(20)21-2)18(12)16(14)19/h3-6,9,12,15H,7-8,10H2,1-2H3/t12-,15-/m0/s1. The molecule has 0 aliphatic carbocycles. The molecular weight excluding hydrogens is 266 g/mol. The lowest BCUT2D eigenvalue weighted by Crippen LogP contribution is -2.47. The quantitative estimate of drug-likeness (QED) is 0.783. The van der Waals surface area contributed by atoms with Crippen molar-refractivity contribution in [3.8, 4) is 0 Å². The number of ether oxygens (including phenoxy) is 1. The third-order valence-electron chi connectivity index (χ3n) is 4.47. The Hall–Kier alpha value is -2.10. The number of hydrogen-bond acceptors (Lipinski definition) is 3. The highest BCUT2D eigenvalue weighted by atomic mass is 16.5. The first-order valence-corrected chi connectivity index (χ1v) is 7.30. The summed E-state index contributed by atoms with van der Waals surface area (Å²) in [7, 11) is 1.38. The summed E-state index contributed by atoms with van der Waals surface area (Å²) in [5, 5.41) is 0. The van der Waals surface area contributed by atoms with Crippen LogP contribution in [-0.4, -0.2) is 36.0 Å². The maximum atomic E-state index is 12.8. The lowest BCUT2D eigenvalue weighted by atomic mass is 9.94. The number of carbonyl (C=O) groups excluding carboxylic acids is 2. The van der Waals surface area contributed by atoms with Crippen molar-refractivity contribution < 1.29 is 14.3 Å². The summed E-state index contributed by atoms with van der Waals surface area (Å²) in [6, 6.07) is 7.56. The molecule has 2 heterocycles. The van der Waals surface area contributed by atoms with E-state index in [1.54, 1.807) is 4.90 Å². The van der Waals surface area contributed by atoms with Crippen molar-refractivity contribution in [2.45, 2.75) is 38.3 Å². The number of aryl methyl sites for hydroxylation is 1. The second kappa shape index (κ2) is 5.35. The zero-order chi connectivity index (χ0) is 15.0. The van der Waals surface area contributed by atoms with E-state index in [1.165, 1.54) is 7.11 Å². The molecular formula is C17H19NO3. The Bertz CT molecular complexity index is 620. The number of fused-ring (bicyclic) bond motifs is 1. The molecule has 4 heteroatoms. The molecule has 2 aliphatic heterocycles. The minimum Gasteiger partial charge on any atom is -0.467 e. The van der Waals surface area contributed by atoms with Gasteiger partial charge in [0.1, 0.15) is 6.04 Å². The number of benzene rings is 1. The molecule has 21 heavy (non-hydrogen) atoms. The van der Waals surface area contributed by atoms with Gasteiger partial charge in [-0.05, 0) is 37.3 Å². The summed E-state index contributed by atoms with van der Waals surface area (Å²) in [4.78, 5) is 26.5. The molecule has 3 rings (SSSR count). The summed E-state index contributed by atoms with van der Waals surface area (Å²) in [5.74, 6) is -0.356. The molecule has 0 radical (unpaired) electrons. The van der Waals surface area contributed by atoms with Crippen LogP contribution < -0.4 is 0 Å². The Morgan fingerprint density at radius 1 is 1.29 bits per heavy atom. The maximum absolute atomic E-state index is 12.8. The largest absolute Gasteiger partial charge is 0.467 e. The molecule has 0 saturated carbocycles. The van der Waals surface area contributed by atoms with Crippen LogP contribution in [0.25, 0.3) is 5.57 Å². The smallest absolute Gasteiger partial charge is 0.328 e. The van der Waals surface area contributed by atoms with E-state index in [0.29, 0.717) is 12.0 Å². The molecule has 1 fully saturated rings. The summed E-state index contributed by atoms with van der Waals surface area (Å²) < 4.78 is 4.84. The van der Waals surface area contributed by atoms with Crippen molar-refractivity contribution in [1.82, 2.24) is 4.90 Å². The fraction of sp³-hybridized carbons (Fsp3) is 0.412. The van der Waals surface area contributed by atoms with Gasteiger partial charge in [0.15, 0.2) is 0 Å². The highest BCUT2D eigenvalue weighted by Gasteiger charge is 2.44. The van der Waals surface area contributed by atoms with Crippen LogP contribution in [0.3, 0.4) is 0 Å². The summed E-state index contributed by atoms with van der Waals surface area (Å²) >= 11 is 0. The van der Waals surface area contributed by atoms with Crippen LogP contribution in [0.1, 0.15) is 30.4 Å². The SMILES string of the molecule is COC(=O)[C@@H]1CC[C@@H]2CC=C(c3ccccc3C)C(=O)N21. The van der Waals surface area contributed by atoms with Gasteiger partial charge in [-0.1, -0.05) is 30.3 Å². The first-order valence-electron chi connectivity index (χ1n) is 7.30. The average molecular weight is 285 g/mol. The van der Waals surface area contributed by atoms with Gasteiger partial charge in [-0.25, -0.2) is 4.79 Å². The van der Waals surface area contributed by atoms with E-state index in [1.807, 2.05) is 37.3 Å². The molecule has 0 N–H and O–H groups in total. The number of esters is 1. The van der Waals surface area contributed by atoms with Gasteiger partial charge in [-0.3, -0.25) is 4.79 Å². The number of hydrogen-bond donors (Lipinski definition) is 0. The molecule has 2 aliphatic rings. The molecule has 0 aromatic heterocycles. The monoisotopic (exact) mass is 285 g/mol. The van der Waals surface area contributed by atoms with Gasteiger partial charge >= 0.3 is 5.97 Å². The Balaban J connectivity index is 1.95. The second-order valence-corrected chi connectivity index (χ2v) is 5.65. The fourth-order valence-electron chi connectivity index (χ4n) is 3.37. The van der Waals surface area contributed by atoms with Crippen molar-refractivity contribution in [3.63, 3.8) is 0 Å². The third-order valence-corrected chi connectivity index (χ3v) is 4.47. The molecule has 1 saturated heterocycles. The van der Waals surface area contributed by atoms with Gasteiger partial charge in [0.25, 0.3) is 5.91 Å². The topological polar surface area (TPSA) is 46.6 Å². The Labute approximate surface area is 124 Å². The average Bonchev–Trinajstić information content (AvgIpc) is 2.93. The van der Waals surface area contributed by atoms with Crippen molar-refractivity contribution >= 4 is 17.4 Å². The number of amides is 1. The van der Waals surface area contributed by atoms with E-state index < -0.39 is 6.04 Å². The van der Waals surface area contributed by atoms with Gasteiger partial charge in [0.2, 0.25) is 0 Å². The minimum absolute atomic E-state index is 0.0477. The van der Waals surface area contributed by atoms with Crippen LogP contribution in [0.4, 0.5) is 0 Å². The lowest BCUT2D eigenvalue weighted by Gasteiger charge is -2.33. The lowest BCUT2D eigenvalue weighted by molar-refractivity contribution is -0.150. The zero-order valence-corrected chi connectivity index (χ0v) is 12.3. The number of methoxy groups -OCH3 is 1. The van der Waals surface area contributed by atoms with Crippen LogP contribution in [0.5, 0.6) is 0 Å². The number of rotatable bonds is 2. The van der Waals surface area contributed by atoms with Crippen LogP contribution in [0, 0.1) is 6.92 Å². The van der Waals surface area contributed by atoms with Gasteiger partial charge in [-0.15, -0.1) is 0 Å². The van der Waals surface area contributed by atoms with E-state index in [0.717, 1.165) is 24.0 Å². The van der Waals surface area contributed by atoms with Gasteiger partial charge in [-0.2, -0.15) is 0 Å². The van der Waals surface area contributed by atoms with Gasteiger partial charge in [0, 0.05) is 11.6 Å². The van der Waals surface area contributed by atoms with E-state index in [9.17, 15) is 9.59 Å². The molecule has 110 valence electrons.